The predicted octanol–water partition coefficient (Wildman–Crippen LogP) is 1.75. The van der Waals surface area contributed by atoms with Gasteiger partial charge in [-0.1, -0.05) is 6.92 Å². The van der Waals surface area contributed by atoms with Crippen LogP contribution in [-0.2, 0) is 14.3 Å². The fourth-order valence-corrected chi connectivity index (χ4v) is 8.21. The first-order valence-corrected chi connectivity index (χ1v) is 11.1. The van der Waals surface area contributed by atoms with Crippen LogP contribution < -0.4 is 0 Å². The Morgan fingerprint density at radius 2 is 1.83 bits per heavy atom. The van der Waals surface area contributed by atoms with E-state index >= 15 is 0 Å². The number of hydrogen-bond acceptors (Lipinski definition) is 6. The van der Waals surface area contributed by atoms with Gasteiger partial charge in [0.2, 0.25) is 0 Å². The molecule has 5 aliphatic rings. The molecule has 0 radical (unpaired) electrons. The summed E-state index contributed by atoms with van der Waals surface area (Å²) >= 11 is 0. The molecule has 4 aliphatic carbocycles. The van der Waals surface area contributed by atoms with Crippen molar-refractivity contribution in [3.63, 3.8) is 0 Å². The fourth-order valence-electron chi connectivity index (χ4n) is 8.21. The molecule has 160 valence electrons. The van der Waals surface area contributed by atoms with Crippen molar-refractivity contribution < 1.29 is 29.6 Å². The van der Waals surface area contributed by atoms with Crippen LogP contribution in [0.15, 0.2) is 11.6 Å². The average Bonchev–Trinajstić information content (AvgIpc) is 3.22. The summed E-state index contributed by atoms with van der Waals surface area (Å²) in [5, 5.41) is 33.6. The van der Waals surface area contributed by atoms with Crippen LogP contribution in [0.2, 0.25) is 0 Å². The maximum absolute atomic E-state index is 13.7. The number of aliphatic hydroxyl groups is 3. The Morgan fingerprint density at radius 3 is 2.52 bits per heavy atom. The second kappa shape index (κ2) is 6.14. The van der Waals surface area contributed by atoms with Crippen LogP contribution in [0.25, 0.3) is 0 Å². The van der Waals surface area contributed by atoms with Gasteiger partial charge in [0.05, 0.1) is 17.1 Å². The molecule has 0 unspecified atom stereocenters. The Bertz CT molecular complexity index is 790. The summed E-state index contributed by atoms with van der Waals surface area (Å²) in [6, 6.07) is 0. The topological polar surface area (TPSA) is 104 Å². The van der Waals surface area contributed by atoms with Gasteiger partial charge in [-0.05, 0) is 80.6 Å². The van der Waals surface area contributed by atoms with Crippen molar-refractivity contribution in [2.75, 3.05) is 6.61 Å². The number of carbonyl (C=O) groups is 2. The van der Waals surface area contributed by atoms with Gasteiger partial charge >= 0.3 is 5.97 Å². The number of cyclic esters (lactones) is 1. The molecule has 4 fully saturated rings. The second-order valence-electron chi connectivity index (χ2n) is 10.7. The van der Waals surface area contributed by atoms with E-state index in [2.05, 4.69) is 6.92 Å². The summed E-state index contributed by atoms with van der Waals surface area (Å²) in [6.07, 6.45) is 5.00. The van der Waals surface area contributed by atoms with Crippen molar-refractivity contribution in [2.24, 2.45) is 34.5 Å². The number of esters is 1. The van der Waals surface area contributed by atoms with E-state index in [0.717, 1.165) is 24.8 Å². The number of ether oxygens (including phenoxy) is 1. The predicted molar refractivity (Wildman–Crippen MR) is 104 cm³/mol. The lowest BCUT2D eigenvalue weighted by Crippen LogP contribution is -2.70. The molecule has 0 aromatic rings. The molecule has 6 heteroatoms. The fraction of sp³-hybridized carbons (Fsp3) is 0.826. The van der Waals surface area contributed by atoms with E-state index in [4.69, 9.17) is 4.74 Å². The van der Waals surface area contributed by atoms with Crippen molar-refractivity contribution in [1.82, 2.24) is 0 Å². The number of ketones is 1. The lowest BCUT2D eigenvalue weighted by atomic mass is 9.42. The maximum Gasteiger partial charge on any atom is 0.331 e. The highest BCUT2D eigenvalue weighted by Gasteiger charge is 2.73. The Labute approximate surface area is 171 Å². The van der Waals surface area contributed by atoms with Gasteiger partial charge in [-0.3, -0.25) is 4.79 Å². The van der Waals surface area contributed by atoms with E-state index < -0.39 is 23.1 Å². The monoisotopic (exact) mass is 404 g/mol. The first-order valence-electron chi connectivity index (χ1n) is 11.1. The summed E-state index contributed by atoms with van der Waals surface area (Å²) in [7, 11) is 0. The summed E-state index contributed by atoms with van der Waals surface area (Å²) in [6.45, 7) is 4.13. The number of Topliss-reactive ketones (excluding diaryl/α,β-unsaturated/α-hetero) is 1. The number of fused-ring (bicyclic) bond motifs is 5. The second-order valence-corrected chi connectivity index (χ2v) is 10.7. The zero-order valence-corrected chi connectivity index (χ0v) is 17.3. The molecule has 5 rings (SSSR count). The summed E-state index contributed by atoms with van der Waals surface area (Å²) < 4.78 is 5.09. The third-order valence-corrected chi connectivity index (χ3v) is 9.80. The molecular weight excluding hydrogens is 372 g/mol. The Balaban J connectivity index is 1.57. The van der Waals surface area contributed by atoms with Gasteiger partial charge in [-0.15, -0.1) is 0 Å². The third kappa shape index (κ3) is 2.34. The highest BCUT2D eigenvalue weighted by Crippen LogP contribution is 2.68. The van der Waals surface area contributed by atoms with Crippen molar-refractivity contribution >= 4 is 11.8 Å². The van der Waals surface area contributed by atoms with Gasteiger partial charge in [0.15, 0.2) is 5.78 Å². The molecule has 0 saturated heterocycles. The first kappa shape index (κ1) is 19.7. The van der Waals surface area contributed by atoms with Crippen LogP contribution in [-0.4, -0.2) is 51.5 Å². The smallest absolute Gasteiger partial charge is 0.331 e. The molecule has 1 aliphatic heterocycles. The van der Waals surface area contributed by atoms with Gasteiger partial charge < -0.3 is 20.1 Å². The van der Waals surface area contributed by atoms with Gasteiger partial charge in [0, 0.05) is 12.0 Å². The molecule has 29 heavy (non-hydrogen) atoms. The van der Waals surface area contributed by atoms with E-state index in [1.54, 1.807) is 6.92 Å². The Hall–Kier alpha value is -1.24. The van der Waals surface area contributed by atoms with Crippen molar-refractivity contribution in [2.45, 2.75) is 76.6 Å². The highest BCUT2D eigenvalue weighted by atomic mass is 16.5. The number of rotatable bonds is 1. The van der Waals surface area contributed by atoms with Crippen LogP contribution in [0.3, 0.4) is 0 Å². The van der Waals surface area contributed by atoms with Gasteiger partial charge in [-0.2, -0.15) is 0 Å². The Kier molecular flexibility index (Phi) is 4.18. The number of aliphatic hydroxyl groups excluding tert-OH is 2. The standard InChI is InChI=1S/C23H32O6/c1-21-7-5-14(24)10-13(21)3-4-16-18(21)19(26)20(27)22(2)15(6-8-23(16,22)28)12-9-17(25)29-11-12/h9,13-16,18-19,24,26,28H,3-8,10-11H2,1-2H3/t13-,14+,15-,16-,18-,19+,21+,22+,23+/m1/s1. The molecular formula is C23H32O6. The molecule has 0 bridgehead atoms. The average molecular weight is 405 g/mol. The quantitative estimate of drug-likeness (QED) is 0.575. The van der Waals surface area contributed by atoms with Crippen molar-refractivity contribution in [1.29, 1.82) is 0 Å². The molecule has 6 nitrogen and oxygen atoms in total. The first-order chi connectivity index (χ1) is 13.6. The van der Waals surface area contributed by atoms with Crippen LogP contribution in [0.5, 0.6) is 0 Å². The molecule has 4 saturated carbocycles. The summed E-state index contributed by atoms with van der Waals surface area (Å²) in [5.74, 6) is -1.12. The molecule has 0 amide bonds. The van der Waals surface area contributed by atoms with Gasteiger partial charge in [-0.25, -0.2) is 4.79 Å². The van der Waals surface area contributed by atoms with Gasteiger partial charge in [0.1, 0.15) is 12.7 Å². The molecule has 0 aromatic heterocycles. The molecule has 0 spiro atoms. The minimum absolute atomic E-state index is 0.152. The molecule has 1 heterocycles. The largest absolute Gasteiger partial charge is 0.458 e. The zero-order chi connectivity index (χ0) is 20.8. The van der Waals surface area contributed by atoms with Crippen LogP contribution >= 0.6 is 0 Å². The van der Waals surface area contributed by atoms with Crippen LogP contribution in [0, 0.1) is 34.5 Å². The highest BCUT2D eigenvalue weighted by molar-refractivity contribution is 5.93. The van der Waals surface area contributed by atoms with Crippen LogP contribution in [0.4, 0.5) is 0 Å². The minimum atomic E-state index is -1.19. The molecule has 3 N–H and O–H groups in total. The summed E-state index contributed by atoms with van der Waals surface area (Å²) in [5.41, 5.74) is -1.77. The molecule has 9 atom stereocenters. The SMILES string of the molecule is C[C@]12CC[C@H](O)C[C@H]1CC[C@@H]1[C@@H]2[C@H](O)C(=O)[C@]2(C)[C@@H](C3=CC(=O)OC3)CC[C@]12O. The van der Waals surface area contributed by atoms with Crippen molar-refractivity contribution in [3.05, 3.63) is 11.6 Å². The van der Waals surface area contributed by atoms with E-state index in [-0.39, 0.29) is 47.6 Å². The third-order valence-electron chi connectivity index (χ3n) is 9.80. The minimum Gasteiger partial charge on any atom is -0.458 e. The van der Waals surface area contributed by atoms with Crippen LogP contribution in [0.1, 0.15) is 58.8 Å². The van der Waals surface area contributed by atoms with E-state index in [1.807, 2.05) is 0 Å². The van der Waals surface area contributed by atoms with Gasteiger partial charge in [0.25, 0.3) is 0 Å². The van der Waals surface area contributed by atoms with E-state index in [1.165, 1.54) is 6.08 Å². The Morgan fingerprint density at radius 1 is 1.07 bits per heavy atom. The lowest BCUT2D eigenvalue weighted by Gasteiger charge is -2.64. The van der Waals surface area contributed by atoms with E-state index in [9.17, 15) is 24.9 Å². The lowest BCUT2D eigenvalue weighted by molar-refractivity contribution is -0.230. The van der Waals surface area contributed by atoms with Crippen molar-refractivity contribution in [3.8, 4) is 0 Å². The maximum atomic E-state index is 13.7. The zero-order valence-electron chi connectivity index (χ0n) is 17.3. The number of hydrogen-bond donors (Lipinski definition) is 3. The van der Waals surface area contributed by atoms with E-state index in [0.29, 0.717) is 25.7 Å². The normalized spacial score (nSPS) is 54.3. The summed E-state index contributed by atoms with van der Waals surface area (Å²) in [4.78, 5) is 25.3. The number of carbonyl (C=O) groups excluding carboxylic acids is 2. The molecule has 0 aromatic carbocycles.